The number of fused-ring (bicyclic) bond motifs is 2. The molecule has 2 fully saturated rings. The van der Waals surface area contributed by atoms with Crippen LogP contribution >= 0.6 is 35.3 Å². The normalized spacial score (nSPS) is 28.8. The van der Waals surface area contributed by atoms with Crippen LogP contribution in [0.3, 0.4) is 0 Å². The Morgan fingerprint density at radius 2 is 2.05 bits per heavy atom. The third-order valence-corrected chi connectivity index (χ3v) is 6.66. The first-order valence-corrected chi connectivity index (χ1v) is 8.55. The summed E-state index contributed by atoms with van der Waals surface area (Å²) in [6, 6.07) is 8.83. The van der Waals surface area contributed by atoms with E-state index in [4.69, 9.17) is 17.3 Å². The van der Waals surface area contributed by atoms with Gasteiger partial charge in [-0.25, -0.2) is 0 Å². The second kappa shape index (κ2) is 6.05. The van der Waals surface area contributed by atoms with E-state index in [-0.39, 0.29) is 12.4 Å². The quantitative estimate of drug-likeness (QED) is 0.888. The summed E-state index contributed by atoms with van der Waals surface area (Å²) in [7, 11) is 0. The molecule has 1 aromatic heterocycles. The first-order valence-electron chi connectivity index (χ1n) is 7.36. The lowest BCUT2D eigenvalue weighted by molar-refractivity contribution is 0.301. The van der Waals surface area contributed by atoms with Crippen LogP contribution in [-0.2, 0) is 6.54 Å². The van der Waals surface area contributed by atoms with E-state index in [9.17, 15) is 0 Å². The number of nitrogens with two attached hydrogens (primary N) is 1. The zero-order chi connectivity index (χ0) is 13.7. The maximum atomic E-state index is 6.54. The van der Waals surface area contributed by atoms with E-state index in [1.54, 1.807) is 0 Å². The van der Waals surface area contributed by atoms with Crippen LogP contribution in [0.25, 0.3) is 10.1 Å². The van der Waals surface area contributed by atoms with Crippen molar-refractivity contribution in [2.75, 3.05) is 13.1 Å². The van der Waals surface area contributed by atoms with Crippen molar-refractivity contribution >= 4 is 45.4 Å². The molecule has 1 aliphatic carbocycles. The fourth-order valence-electron chi connectivity index (χ4n) is 3.90. The van der Waals surface area contributed by atoms with Gasteiger partial charge in [0.05, 0.1) is 5.02 Å². The molecule has 0 bridgehead atoms. The van der Waals surface area contributed by atoms with Crippen molar-refractivity contribution in [2.24, 2.45) is 17.6 Å². The molecule has 2 heterocycles. The summed E-state index contributed by atoms with van der Waals surface area (Å²) in [5.41, 5.74) is 6.22. The Kier molecular flexibility index (Phi) is 4.49. The topological polar surface area (TPSA) is 29.3 Å². The monoisotopic (exact) mass is 342 g/mol. The van der Waals surface area contributed by atoms with Crippen molar-refractivity contribution in [3.8, 4) is 0 Å². The lowest BCUT2D eigenvalue weighted by atomic mass is 9.98. The fourth-order valence-corrected chi connectivity index (χ4v) is 5.43. The predicted octanol–water partition coefficient (Wildman–Crippen LogP) is 4.15. The van der Waals surface area contributed by atoms with Gasteiger partial charge >= 0.3 is 0 Å². The Labute approximate surface area is 140 Å². The van der Waals surface area contributed by atoms with Gasteiger partial charge in [-0.3, -0.25) is 4.90 Å². The minimum absolute atomic E-state index is 0. The summed E-state index contributed by atoms with van der Waals surface area (Å²) >= 11 is 8.38. The van der Waals surface area contributed by atoms with Crippen LogP contribution in [0, 0.1) is 11.8 Å². The molecule has 21 heavy (non-hydrogen) atoms. The third-order valence-electron chi connectivity index (χ3n) is 4.96. The van der Waals surface area contributed by atoms with Crippen LogP contribution in [0.5, 0.6) is 0 Å². The van der Waals surface area contributed by atoms with E-state index >= 15 is 0 Å². The first-order chi connectivity index (χ1) is 9.72. The van der Waals surface area contributed by atoms with E-state index in [0.29, 0.717) is 12.0 Å². The SMILES string of the molecule is Cl.NC1CCC2CN(Cc3sc4ccccc4c3Cl)CC12. The molecule has 1 saturated carbocycles. The molecule has 2 aromatic rings. The molecule has 0 radical (unpaired) electrons. The lowest BCUT2D eigenvalue weighted by Gasteiger charge is -2.17. The van der Waals surface area contributed by atoms with Crippen molar-refractivity contribution < 1.29 is 0 Å². The van der Waals surface area contributed by atoms with Gasteiger partial charge in [0.25, 0.3) is 0 Å². The molecular weight excluding hydrogens is 323 g/mol. The minimum Gasteiger partial charge on any atom is -0.327 e. The number of likely N-dealkylation sites (tertiary alicyclic amines) is 1. The molecule has 4 rings (SSSR count). The highest BCUT2D eigenvalue weighted by Gasteiger charge is 2.40. The molecule has 5 heteroatoms. The van der Waals surface area contributed by atoms with E-state index in [0.717, 1.165) is 24.0 Å². The van der Waals surface area contributed by atoms with Gasteiger partial charge in [0.2, 0.25) is 0 Å². The van der Waals surface area contributed by atoms with Crippen molar-refractivity contribution in [2.45, 2.75) is 25.4 Å². The predicted molar refractivity (Wildman–Crippen MR) is 93.5 cm³/mol. The van der Waals surface area contributed by atoms with Crippen LogP contribution in [0.4, 0.5) is 0 Å². The smallest absolute Gasteiger partial charge is 0.0637 e. The van der Waals surface area contributed by atoms with Gasteiger partial charge in [0, 0.05) is 40.6 Å². The second-order valence-corrected chi connectivity index (χ2v) is 7.71. The number of hydrogen-bond acceptors (Lipinski definition) is 3. The largest absolute Gasteiger partial charge is 0.327 e. The van der Waals surface area contributed by atoms with Gasteiger partial charge in [-0.1, -0.05) is 29.8 Å². The standard InChI is InChI=1S/C16H19ClN2S.ClH/c17-16-11-3-1-2-4-14(11)20-15(16)9-19-7-10-5-6-13(18)12(10)8-19;/h1-4,10,12-13H,5-9,18H2;1H. The number of nitrogens with zero attached hydrogens (tertiary/aromatic N) is 1. The fraction of sp³-hybridized carbons (Fsp3) is 0.500. The van der Waals surface area contributed by atoms with E-state index in [2.05, 4.69) is 29.2 Å². The molecular formula is C16H20Cl2N2S. The highest BCUT2D eigenvalue weighted by atomic mass is 35.5. The Bertz CT molecular complexity index is 642. The average Bonchev–Trinajstić information content (AvgIpc) is 3.08. The highest BCUT2D eigenvalue weighted by molar-refractivity contribution is 7.19. The van der Waals surface area contributed by atoms with Gasteiger partial charge in [-0.15, -0.1) is 23.7 Å². The van der Waals surface area contributed by atoms with Gasteiger partial charge < -0.3 is 5.73 Å². The summed E-state index contributed by atoms with van der Waals surface area (Å²) < 4.78 is 1.29. The van der Waals surface area contributed by atoms with Gasteiger partial charge in [0.15, 0.2) is 0 Å². The Balaban J connectivity index is 0.00000132. The van der Waals surface area contributed by atoms with Crippen LogP contribution in [0.2, 0.25) is 5.02 Å². The van der Waals surface area contributed by atoms with Crippen molar-refractivity contribution in [3.63, 3.8) is 0 Å². The number of hydrogen-bond donors (Lipinski definition) is 1. The van der Waals surface area contributed by atoms with E-state index in [1.807, 2.05) is 11.3 Å². The Morgan fingerprint density at radius 3 is 2.81 bits per heavy atom. The van der Waals surface area contributed by atoms with Gasteiger partial charge in [-0.05, 0) is 30.7 Å². The molecule has 1 aliphatic heterocycles. The number of benzene rings is 1. The van der Waals surface area contributed by atoms with Gasteiger partial charge in [0.1, 0.15) is 0 Å². The Hall–Kier alpha value is -0.320. The molecule has 1 aromatic carbocycles. The maximum Gasteiger partial charge on any atom is 0.0637 e. The van der Waals surface area contributed by atoms with Crippen LogP contribution in [-0.4, -0.2) is 24.0 Å². The van der Waals surface area contributed by atoms with Crippen molar-refractivity contribution in [1.29, 1.82) is 0 Å². The summed E-state index contributed by atoms with van der Waals surface area (Å²) in [5, 5.41) is 2.15. The molecule has 114 valence electrons. The molecule has 1 saturated heterocycles. The summed E-state index contributed by atoms with van der Waals surface area (Å²) in [5.74, 6) is 1.53. The second-order valence-electron chi connectivity index (χ2n) is 6.19. The summed E-state index contributed by atoms with van der Waals surface area (Å²) in [4.78, 5) is 3.85. The maximum absolute atomic E-state index is 6.54. The number of rotatable bonds is 2. The lowest BCUT2D eigenvalue weighted by Crippen LogP contribution is -2.30. The molecule has 2 aliphatic rings. The van der Waals surface area contributed by atoms with Crippen LogP contribution < -0.4 is 5.73 Å². The molecule has 2 nitrogen and oxygen atoms in total. The average molecular weight is 343 g/mol. The van der Waals surface area contributed by atoms with E-state index in [1.165, 1.54) is 34.3 Å². The summed E-state index contributed by atoms with van der Waals surface area (Å²) in [6.07, 6.45) is 2.52. The molecule has 3 unspecified atom stereocenters. The zero-order valence-corrected chi connectivity index (χ0v) is 14.2. The van der Waals surface area contributed by atoms with E-state index < -0.39 is 0 Å². The first kappa shape index (κ1) is 15.6. The third kappa shape index (κ3) is 2.71. The Morgan fingerprint density at radius 1 is 1.24 bits per heavy atom. The number of thiophene rings is 1. The molecule has 2 N–H and O–H groups in total. The van der Waals surface area contributed by atoms with Gasteiger partial charge in [-0.2, -0.15) is 0 Å². The van der Waals surface area contributed by atoms with Crippen molar-refractivity contribution in [1.82, 2.24) is 4.90 Å². The van der Waals surface area contributed by atoms with Crippen LogP contribution in [0.15, 0.2) is 24.3 Å². The molecule has 3 atom stereocenters. The molecule has 0 amide bonds. The van der Waals surface area contributed by atoms with Crippen LogP contribution in [0.1, 0.15) is 17.7 Å². The zero-order valence-electron chi connectivity index (χ0n) is 11.8. The summed E-state index contributed by atoms with van der Waals surface area (Å²) in [6.45, 7) is 3.33. The highest BCUT2D eigenvalue weighted by Crippen LogP contribution is 2.40. The number of halogens is 2. The molecule has 0 spiro atoms. The minimum atomic E-state index is 0. The van der Waals surface area contributed by atoms with Crippen molar-refractivity contribution in [3.05, 3.63) is 34.2 Å².